The molecule has 0 heterocycles. The van der Waals surface area contributed by atoms with E-state index in [9.17, 15) is 5.11 Å². The summed E-state index contributed by atoms with van der Waals surface area (Å²) in [5, 5.41) is 13.0. The minimum atomic E-state index is 0.141. The van der Waals surface area contributed by atoms with Crippen LogP contribution >= 0.6 is 23.4 Å². The van der Waals surface area contributed by atoms with Gasteiger partial charge in [0.2, 0.25) is 0 Å². The van der Waals surface area contributed by atoms with Crippen LogP contribution in [0.2, 0.25) is 5.02 Å². The molecule has 1 rings (SSSR count). The Morgan fingerprint density at radius 3 is 2.93 bits per heavy atom. The molecule has 0 atom stereocenters. The topological polar surface area (TPSA) is 32.3 Å². The Hall–Kier alpha value is -0.380. The third-order valence-corrected chi connectivity index (χ3v) is 3.04. The first-order valence-electron chi connectivity index (χ1n) is 4.91. The summed E-state index contributed by atoms with van der Waals surface area (Å²) in [5.74, 6) is 1.33. The van der Waals surface area contributed by atoms with Gasteiger partial charge in [0.1, 0.15) is 5.75 Å². The summed E-state index contributed by atoms with van der Waals surface area (Å²) in [4.78, 5) is 0. The fraction of sp³-hybridized carbons (Fsp3) is 0.455. The molecule has 1 aromatic rings. The van der Waals surface area contributed by atoms with Crippen LogP contribution < -0.4 is 5.32 Å². The lowest BCUT2D eigenvalue weighted by molar-refractivity contribution is 0.475. The highest BCUT2D eigenvalue weighted by Gasteiger charge is 1.99. The number of phenolic OH excluding ortho intramolecular Hbond substituents is 1. The summed E-state index contributed by atoms with van der Waals surface area (Å²) in [7, 11) is 0. The molecular formula is C11H16ClNOS. The first kappa shape index (κ1) is 12.7. The van der Waals surface area contributed by atoms with Crippen molar-refractivity contribution < 1.29 is 5.11 Å². The number of hydrogen-bond acceptors (Lipinski definition) is 3. The van der Waals surface area contributed by atoms with Crippen molar-refractivity contribution in [3.8, 4) is 5.75 Å². The Balaban J connectivity index is 2.28. The molecule has 0 aromatic heterocycles. The van der Waals surface area contributed by atoms with E-state index in [0.717, 1.165) is 18.7 Å². The van der Waals surface area contributed by atoms with Crippen molar-refractivity contribution in [2.45, 2.75) is 13.0 Å². The second kappa shape index (κ2) is 6.99. The summed E-state index contributed by atoms with van der Waals surface area (Å²) in [6.07, 6.45) is 3.28. The summed E-state index contributed by atoms with van der Waals surface area (Å²) in [5.41, 5.74) is 1.10. The highest BCUT2D eigenvalue weighted by molar-refractivity contribution is 7.98. The van der Waals surface area contributed by atoms with E-state index in [1.807, 2.05) is 17.8 Å². The van der Waals surface area contributed by atoms with Crippen molar-refractivity contribution in [1.82, 2.24) is 5.32 Å². The van der Waals surface area contributed by atoms with Crippen molar-refractivity contribution in [1.29, 1.82) is 0 Å². The van der Waals surface area contributed by atoms with Gasteiger partial charge in [0.15, 0.2) is 0 Å². The van der Waals surface area contributed by atoms with Crippen LogP contribution in [0, 0.1) is 0 Å². The van der Waals surface area contributed by atoms with Crippen molar-refractivity contribution in [3.63, 3.8) is 0 Å². The van der Waals surface area contributed by atoms with Gasteiger partial charge >= 0.3 is 0 Å². The molecule has 0 radical (unpaired) electrons. The number of halogens is 1. The smallest absolute Gasteiger partial charge is 0.134 e. The standard InChI is InChI=1S/C11H16ClNOS/c1-15-6-2-5-13-8-9-3-4-11(14)10(12)7-9/h3-4,7,13-14H,2,5-6,8H2,1H3. The van der Waals surface area contributed by atoms with Crippen LogP contribution in [0.25, 0.3) is 0 Å². The number of rotatable bonds is 6. The number of aromatic hydroxyl groups is 1. The van der Waals surface area contributed by atoms with Crippen LogP contribution in [0.15, 0.2) is 18.2 Å². The summed E-state index contributed by atoms with van der Waals surface area (Å²) >= 11 is 7.65. The van der Waals surface area contributed by atoms with Crippen molar-refractivity contribution in [2.75, 3.05) is 18.6 Å². The molecule has 2 nitrogen and oxygen atoms in total. The monoisotopic (exact) mass is 245 g/mol. The molecule has 0 aliphatic heterocycles. The average Bonchev–Trinajstić information content (AvgIpc) is 2.23. The van der Waals surface area contributed by atoms with Gasteiger partial charge < -0.3 is 10.4 Å². The van der Waals surface area contributed by atoms with Gasteiger partial charge in [-0.2, -0.15) is 11.8 Å². The minimum absolute atomic E-state index is 0.141. The van der Waals surface area contributed by atoms with E-state index in [4.69, 9.17) is 11.6 Å². The lowest BCUT2D eigenvalue weighted by atomic mass is 10.2. The van der Waals surface area contributed by atoms with Gasteiger partial charge in [0.05, 0.1) is 5.02 Å². The summed E-state index contributed by atoms with van der Waals surface area (Å²) < 4.78 is 0. The highest BCUT2D eigenvalue weighted by atomic mass is 35.5. The van der Waals surface area contributed by atoms with E-state index in [2.05, 4.69) is 11.6 Å². The van der Waals surface area contributed by atoms with E-state index in [-0.39, 0.29) is 5.75 Å². The van der Waals surface area contributed by atoms with Crippen LogP contribution in [-0.4, -0.2) is 23.7 Å². The average molecular weight is 246 g/mol. The SMILES string of the molecule is CSCCCNCc1ccc(O)c(Cl)c1. The molecule has 84 valence electrons. The van der Waals surface area contributed by atoms with Crippen LogP contribution in [0.3, 0.4) is 0 Å². The predicted molar refractivity (Wildman–Crippen MR) is 67.8 cm³/mol. The first-order chi connectivity index (χ1) is 7.24. The highest BCUT2D eigenvalue weighted by Crippen LogP contribution is 2.23. The van der Waals surface area contributed by atoms with Gasteiger partial charge in [-0.05, 0) is 42.7 Å². The Labute approximate surface area is 100 Å². The lowest BCUT2D eigenvalue weighted by Gasteiger charge is -2.05. The maximum Gasteiger partial charge on any atom is 0.134 e. The van der Waals surface area contributed by atoms with Crippen molar-refractivity contribution in [2.24, 2.45) is 0 Å². The second-order valence-corrected chi connectivity index (χ2v) is 4.70. The zero-order valence-corrected chi connectivity index (χ0v) is 10.4. The molecule has 0 bridgehead atoms. The van der Waals surface area contributed by atoms with E-state index >= 15 is 0 Å². The number of hydrogen-bond donors (Lipinski definition) is 2. The van der Waals surface area contributed by atoms with Gasteiger partial charge in [-0.15, -0.1) is 0 Å². The number of thioether (sulfide) groups is 1. The van der Waals surface area contributed by atoms with Crippen molar-refractivity contribution in [3.05, 3.63) is 28.8 Å². The fourth-order valence-corrected chi connectivity index (χ4v) is 1.87. The van der Waals surface area contributed by atoms with Gasteiger partial charge in [-0.25, -0.2) is 0 Å². The van der Waals surface area contributed by atoms with Crippen LogP contribution in [0.4, 0.5) is 0 Å². The molecule has 0 aliphatic rings. The normalized spacial score (nSPS) is 10.5. The summed E-state index contributed by atoms with van der Waals surface area (Å²) in [6.45, 7) is 1.81. The Kier molecular flexibility index (Phi) is 5.91. The zero-order valence-electron chi connectivity index (χ0n) is 8.79. The molecule has 1 aromatic carbocycles. The molecular weight excluding hydrogens is 230 g/mol. The van der Waals surface area contributed by atoms with E-state index in [1.54, 1.807) is 12.1 Å². The third kappa shape index (κ3) is 4.78. The van der Waals surface area contributed by atoms with Crippen LogP contribution in [0.1, 0.15) is 12.0 Å². The molecule has 0 aliphatic carbocycles. The number of phenols is 1. The van der Waals surface area contributed by atoms with E-state index in [0.29, 0.717) is 5.02 Å². The second-order valence-electron chi connectivity index (χ2n) is 3.31. The number of benzene rings is 1. The van der Waals surface area contributed by atoms with Gasteiger partial charge in [-0.3, -0.25) is 0 Å². The van der Waals surface area contributed by atoms with Crippen LogP contribution in [-0.2, 0) is 6.54 Å². The van der Waals surface area contributed by atoms with E-state index in [1.165, 1.54) is 12.2 Å². The van der Waals surface area contributed by atoms with Gasteiger partial charge in [0, 0.05) is 6.54 Å². The fourth-order valence-electron chi connectivity index (χ4n) is 1.23. The molecule has 4 heteroatoms. The Morgan fingerprint density at radius 2 is 2.27 bits per heavy atom. The minimum Gasteiger partial charge on any atom is -0.506 e. The maximum atomic E-state index is 9.23. The molecule has 0 amide bonds. The lowest BCUT2D eigenvalue weighted by Crippen LogP contribution is -2.15. The first-order valence-corrected chi connectivity index (χ1v) is 6.68. The molecule has 2 N–H and O–H groups in total. The van der Waals surface area contributed by atoms with Crippen LogP contribution in [0.5, 0.6) is 5.75 Å². The van der Waals surface area contributed by atoms with E-state index < -0.39 is 0 Å². The maximum absolute atomic E-state index is 9.23. The Morgan fingerprint density at radius 1 is 1.47 bits per heavy atom. The summed E-state index contributed by atoms with van der Waals surface area (Å²) in [6, 6.07) is 5.29. The van der Waals surface area contributed by atoms with Crippen molar-refractivity contribution >= 4 is 23.4 Å². The molecule has 0 unspecified atom stereocenters. The molecule has 15 heavy (non-hydrogen) atoms. The number of nitrogens with one attached hydrogen (secondary N) is 1. The van der Waals surface area contributed by atoms with Gasteiger partial charge in [0.25, 0.3) is 0 Å². The third-order valence-electron chi connectivity index (χ3n) is 2.04. The molecule has 0 saturated carbocycles. The van der Waals surface area contributed by atoms with Gasteiger partial charge in [-0.1, -0.05) is 17.7 Å². The molecule has 0 spiro atoms. The molecule has 0 saturated heterocycles. The largest absolute Gasteiger partial charge is 0.506 e. The zero-order chi connectivity index (χ0) is 11.1. The predicted octanol–water partition coefficient (Wildman–Crippen LogP) is 2.89. The molecule has 0 fully saturated rings. The quantitative estimate of drug-likeness (QED) is 0.756. The Bertz CT molecular complexity index is 307.